The monoisotopic (exact) mass is 280 g/mol. The van der Waals surface area contributed by atoms with E-state index in [9.17, 15) is 0 Å². The SMILES string of the molecule is COc1ccc([C@H](N)CCN)c(Cl)c1OC.Cl. The molecule has 1 aromatic rings. The predicted octanol–water partition coefficient (Wildman–Crippen LogP) is 2.13. The highest BCUT2D eigenvalue weighted by Crippen LogP contribution is 2.39. The average molecular weight is 281 g/mol. The van der Waals surface area contributed by atoms with Crippen molar-refractivity contribution in [1.29, 1.82) is 0 Å². The molecule has 0 saturated heterocycles. The summed E-state index contributed by atoms with van der Waals surface area (Å²) in [5.74, 6) is 1.10. The van der Waals surface area contributed by atoms with Gasteiger partial charge in [0.1, 0.15) is 0 Å². The Morgan fingerprint density at radius 3 is 2.41 bits per heavy atom. The predicted molar refractivity (Wildman–Crippen MR) is 72.4 cm³/mol. The molecule has 0 spiro atoms. The number of methoxy groups -OCH3 is 2. The van der Waals surface area contributed by atoms with Crippen LogP contribution in [-0.2, 0) is 0 Å². The van der Waals surface area contributed by atoms with Crippen molar-refractivity contribution in [1.82, 2.24) is 0 Å². The van der Waals surface area contributed by atoms with Gasteiger partial charge in [-0.25, -0.2) is 0 Å². The lowest BCUT2D eigenvalue weighted by molar-refractivity contribution is 0.354. The van der Waals surface area contributed by atoms with E-state index >= 15 is 0 Å². The number of hydrogen-bond donors (Lipinski definition) is 2. The quantitative estimate of drug-likeness (QED) is 0.867. The Morgan fingerprint density at radius 2 is 1.94 bits per heavy atom. The molecule has 0 unspecified atom stereocenters. The fourth-order valence-electron chi connectivity index (χ4n) is 1.53. The van der Waals surface area contributed by atoms with Crippen LogP contribution in [0.15, 0.2) is 12.1 Å². The first-order valence-electron chi connectivity index (χ1n) is 5.01. The van der Waals surface area contributed by atoms with Gasteiger partial charge in [0.25, 0.3) is 0 Å². The minimum Gasteiger partial charge on any atom is -0.493 e. The summed E-state index contributed by atoms with van der Waals surface area (Å²) in [6.45, 7) is 0.520. The molecule has 4 N–H and O–H groups in total. The second kappa shape index (κ2) is 7.61. The molecule has 17 heavy (non-hydrogen) atoms. The zero-order valence-corrected chi connectivity index (χ0v) is 11.5. The summed E-state index contributed by atoms with van der Waals surface area (Å²) < 4.78 is 10.3. The van der Waals surface area contributed by atoms with Crippen LogP contribution in [0, 0.1) is 0 Å². The van der Waals surface area contributed by atoms with E-state index in [2.05, 4.69) is 0 Å². The van der Waals surface area contributed by atoms with Gasteiger partial charge in [0, 0.05) is 6.04 Å². The highest BCUT2D eigenvalue weighted by molar-refractivity contribution is 6.33. The largest absolute Gasteiger partial charge is 0.493 e. The molecule has 0 aromatic heterocycles. The summed E-state index contributed by atoms with van der Waals surface area (Å²) in [4.78, 5) is 0. The van der Waals surface area contributed by atoms with Gasteiger partial charge in [0.15, 0.2) is 11.5 Å². The smallest absolute Gasteiger partial charge is 0.179 e. The van der Waals surface area contributed by atoms with Crippen LogP contribution >= 0.6 is 24.0 Å². The second-order valence-electron chi connectivity index (χ2n) is 3.39. The van der Waals surface area contributed by atoms with Crippen molar-refractivity contribution in [3.63, 3.8) is 0 Å². The molecular formula is C11H18Cl2N2O2. The lowest BCUT2D eigenvalue weighted by atomic mass is 10.0. The van der Waals surface area contributed by atoms with Crippen molar-refractivity contribution in [2.24, 2.45) is 11.5 Å². The summed E-state index contributed by atoms with van der Waals surface area (Å²) in [6.07, 6.45) is 0.676. The summed E-state index contributed by atoms with van der Waals surface area (Å²) in [5.41, 5.74) is 12.2. The normalized spacial score (nSPS) is 11.6. The molecule has 0 aliphatic heterocycles. The molecule has 98 valence electrons. The number of benzene rings is 1. The van der Waals surface area contributed by atoms with Crippen molar-refractivity contribution >= 4 is 24.0 Å². The van der Waals surface area contributed by atoms with E-state index in [0.29, 0.717) is 29.5 Å². The molecule has 0 heterocycles. The van der Waals surface area contributed by atoms with E-state index < -0.39 is 0 Å². The summed E-state index contributed by atoms with van der Waals surface area (Å²) >= 11 is 6.20. The Labute approximate surface area is 113 Å². The summed E-state index contributed by atoms with van der Waals surface area (Å²) in [6, 6.07) is 3.44. The fraction of sp³-hybridized carbons (Fsp3) is 0.455. The maximum Gasteiger partial charge on any atom is 0.179 e. The third kappa shape index (κ3) is 3.64. The molecule has 0 aliphatic carbocycles. The van der Waals surface area contributed by atoms with E-state index in [4.69, 9.17) is 32.5 Å². The van der Waals surface area contributed by atoms with Crippen LogP contribution in [0.1, 0.15) is 18.0 Å². The second-order valence-corrected chi connectivity index (χ2v) is 3.77. The Hall–Kier alpha value is -0.680. The Balaban J connectivity index is 0.00000256. The van der Waals surface area contributed by atoms with Gasteiger partial charge >= 0.3 is 0 Å². The highest BCUT2D eigenvalue weighted by Gasteiger charge is 2.16. The van der Waals surface area contributed by atoms with Gasteiger partial charge in [0.05, 0.1) is 19.2 Å². The maximum absolute atomic E-state index is 6.20. The third-order valence-corrected chi connectivity index (χ3v) is 2.78. The van der Waals surface area contributed by atoms with E-state index in [1.165, 1.54) is 0 Å². The van der Waals surface area contributed by atoms with Crippen molar-refractivity contribution in [2.45, 2.75) is 12.5 Å². The van der Waals surface area contributed by atoms with Crippen molar-refractivity contribution in [2.75, 3.05) is 20.8 Å². The molecule has 0 fully saturated rings. The molecule has 0 amide bonds. The zero-order valence-electron chi connectivity index (χ0n) is 9.90. The highest BCUT2D eigenvalue weighted by atomic mass is 35.5. The van der Waals surface area contributed by atoms with Gasteiger partial charge < -0.3 is 20.9 Å². The van der Waals surface area contributed by atoms with Gasteiger partial charge in [-0.2, -0.15) is 0 Å². The minimum atomic E-state index is -0.183. The van der Waals surface area contributed by atoms with Crippen LogP contribution in [0.3, 0.4) is 0 Å². The van der Waals surface area contributed by atoms with E-state index in [-0.39, 0.29) is 18.4 Å². The molecule has 0 aliphatic rings. The van der Waals surface area contributed by atoms with Crippen molar-refractivity contribution in [3.8, 4) is 11.5 Å². The molecule has 1 aromatic carbocycles. The van der Waals surface area contributed by atoms with Crippen molar-refractivity contribution in [3.05, 3.63) is 22.7 Å². The van der Waals surface area contributed by atoms with Crippen LogP contribution in [-0.4, -0.2) is 20.8 Å². The third-order valence-electron chi connectivity index (χ3n) is 2.39. The number of halogens is 2. The van der Waals surface area contributed by atoms with Gasteiger partial charge in [-0.3, -0.25) is 0 Å². The molecule has 0 radical (unpaired) electrons. The van der Waals surface area contributed by atoms with Gasteiger partial charge in [0.2, 0.25) is 0 Å². The first-order chi connectivity index (χ1) is 7.65. The molecule has 0 bridgehead atoms. The first-order valence-corrected chi connectivity index (χ1v) is 5.39. The van der Waals surface area contributed by atoms with E-state index in [0.717, 1.165) is 5.56 Å². The summed E-state index contributed by atoms with van der Waals surface area (Å²) in [5, 5.41) is 0.489. The van der Waals surface area contributed by atoms with E-state index in [1.807, 2.05) is 6.07 Å². The first kappa shape index (κ1) is 16.3. The number of hydrogen-bond acceptors (Lipinski definition) is 4. The average Bonchev–Trinajstić information content (AvgIpc) is 2.28. The molecule has 6 heteroatoms. The van der Waals surface area contributed by atoms with Crippen LogP contribution in [0.2, 0.25) is 5.02 Å². The van der Waals surface area contributed by atoms with Crippen LogP contribution in [0.4, 0.5) is 0 Å². The topological polar surface area (TPSA) is 70.5 Å². The van der Waals surface area contributed by atoms with Crippen molar-refractivity contribution < 1.29 is 9.47 Å². The minimum absolute atomic E-state index is 0. The Bertz CT molecular complexity index is 362. The maximum atomic E-state index is 6.20. The lowest BCUT2D eigenvalue weighted by Crippen LogP contribution is -2.16. The fourth-order valence-corrected chi connectivity index (χ4v) is 1.90. The van der Waals surface area contributed by atoms with Crippen LogP contribution in [0.5, 0.6) is 11.5 Å². The lowest BCUT2D eigenvalue weighted by Gasteiger charge is -2.16. The molecule has 0 saturated carbocycles. The standard InChI is InChI=1S/C11H17ClN2O2.ClH/c1-15-9-4-3-7(8(14)5-6-13)10(12)11(9)16-2;/h3-4,8H,5-6,13-14H2,1-2H3;1H/t8-;/m1./s1. The number of rotatable bonds is 5. The number of nitrogens with two attached hydrogens (primary N) is 2. The Morgan fingerprint density at radius 1 is 1.29 bits per heavy atom. The van der Waals surface area contributed by atoms with E-state index in [1.54, 1.807) is 20.3 Å². The zero-order chi connectivity index (χ0) is 12.1. The molecular weight excluding hydrogens is 263 g/mol. The van der Waals surface area contributed by atoms with Crippen LogP contribution in [0.25, 0.3) is 0 Å². The summed E-state index contributed by atoms with van der Waals surface area (Å²) in [7, 11) is 3.11. The molecule has 1 atom stereocenters. The van der Waals surface area contributed by atoms with Gasteiger partial charge in [-0.05, 0) is 24.6 Å². The van der Waals surface area contributed by atoms with Gasteiger partial charge in [-0.1, -0.05) is 17.7 Å². The Kier molecular flexibility index (Phi) is 7.30. The van der Waals surface area contributed by atoms with Gasteiger partial charge in [-0.15, -0.1) is 12.4 Å². The number of ether oxygens (including phenoxy) is 2. The van der Waals surface area contributed by atoms with Crippen LogP contribution < -0.4 is 20.9 Å². The molecule has 4 nitrogen and oxygen atoms in total. The molecule has 1 rings (SSSR count).